The number of rotatable bonds is 6. The van der Waals surface area contributed by atoms with Crippen LogP contribution in [0.2, 0.25) is 0 Å². The lowest BCUT2D eigenvalue weighted by Crippen LogP contribution is -2.40. The van der Waals surface area contributed by atoms with E-state index in [-0.39, 0.29) is 23.3 Å². The number of hydrogen-bond acceptors (Lipinski definition) is 6. The second-order valence-corrected chi connectivity index (χ2v) is 11.2. The van der Waals surface area contributed by atoms with Gasteiger partial charge in [-0.05, 0) is 58.0 Å². The van der Waals surface area contributed by atoms with Crippen LogP contribution >= 0.6 is 0 Å². The molecule has 8 heteroatoms. The zero-order valence-corrected chi connectivity index (χ0v) is 23.3. The molecule has 1 saturated heterocycles. The van der Waals surface area contributed by atoms with Gasteiger partial charge in [0.2, 0.25) is 5.91 Å². The van der Waals surface area contributed by atoms with Crippen molar-refractivity contribution in [2.75, 3.05) is 38.6 Å². The van der Waals surface area contributed by atoms with E-state index in [1.54, 1.807) is 18.3 Å². The van der Waals surface area contributed by atoms with Crippen molar-refractivity contribution in [3.05, 3.63) is 83.1 Å². The largest absolute Gasteiger partial charge is 0.488 e. The van der Waals surface area contributed by atoms with Crippen LogP contribution in [0.5, 0.6) is 5.75 Å². The van der Waals surface area contributed by atoms with Gasteiger partial charge in [-0.25, -0.2) is 4.98 Å². The number of nitrogens with two attached hydrogens (primary N) is 1. The fourth-order valence-corrected chi connectivity index (χ4v) is 5.08. The Balaban J connectivity index is 1.31. The van der Waals surface area contributed by atoms with Crippen LogP contribution in [0.15, 0.2) is 60.8 Å². The van der Waals surface area contributed by atoms with Gasteiger partial charge in [0.1, 0.15) is 17.7 Å². The average molecular weight is 541 g/mol. The van der Waals surface area contributed by atoms with Gasteiger partial charge in [-0.15, -0.1) is 0 Å². The number of carbonyl (C=O) groups is 2. The van der Waals surface area contributed by atoms with Crippen molar-refractivity contribution >= 4 is 23.7 Å². The topological polar surface area (TPSA) is 107 Å². The molecule has 0 radical (unpaired) electrons. The fourth-order valence-electron chi connectivity index (χ4n) is 5.08. The van der Waals surface area contributed by atoms with Crippen LogP contribution in [-0.4, -0.2) is 60.7 Å². The van der Waals surface area contributed by atoms with E-state index >= 15 is 0 Å². The number of benzene rings is 2. The summed E-state index contributed by atoms with van der Waals surface area (Å²) in [4.78, 5) is 31.3. The third-order valence-corrected chi connectivity index (χ3v) is 7.27. The fraction of sp³-hybridized carbons (Fsp3) is 0.344. The maximum Gasteiger partial charge on any atom is 0.254 e. The molecule has 0 aliphatic carbocycles. The number of nitrogens with one attached hydrogen (secondary N) is 1. The highest BCUT2D eigenvalue weighted by atomic mass is 16.5. The summed E-state index contributed by atoms with van der Waals surface area (Å²) >= 11 is 0. The van der Waals surface area contributed by atoms with Gasteiger partial charge in [-0.1, -0.05) is 45.0 Å². The number of nitrogen functional groups attached to an aromatic ring is 1. The lowest BCUT2D eigenvalue weighted by molar-refractivity contribution is -0.116. The number of aromatic nitrogens is 1. The number of carbonyl (C=O) groups excluding carboxylic acids is 2. The lowest BCUT2D eigenvalue weighted by atomic mass is 9.83. The molecule has 0 saturated carbocycles. The molecule has 1 unspecified atom stereocenters. The average Bonchev–Trinajstić information content (AvgIpc) is 3.39. The van der Waals surface area contributed by atoms with Crippen molar-refractivity contribution in [2.24, 2.45) is 0 Å². The Morgan fingerprint density at radius 3 is 2.50 bits per heavy atom. The van der Waals surface area contributed by atoms with Crippen molar-refractivity contribution in [2.45, 2.75) is 38.7 Å². The minimum Gasteiger partial charge on any atom is -0.488 e. The zero-order valence-electron chi connectivity index (χ0n) is 23.3. The first-order chi connectivity index (χ1) is 19.2. The molecular formula is C32H36N4O4. The third-order valence-electron chi connectivity index (χ3n) is 7.27. The van der Waals surface area contributed by atoms with Crippen LogP contribution in [0.1, 0.15) is 47.8 Å². The molecule has 5 rings (SSSR count). The normalized spacial score (nSPS) is 17.0. The summed E-state index contributed by atoms with van der Waals surface area (Å²) in [5.41, 5.74) is 11.4. The lowest BCUT2D eigenvalue weighted by Gasteiger charge is -2.27. The molecule has 2 aliphatic rings. The van der Waals surface area contributed by atoms with Gasteiger partial charge < -0.3 is 25.4 Å². The summed E-state index contributed by atoms with van der Waals surface area (Å²) in [7, 11) is 0. The predicted molar refractivity (Wildman–Crippen MR) is 156 cm³/mol. The maximum absolute atomic E-state index is 12.9. The van der Waals surface area contributed by atoms with Crippen molar-refractivity contribution < 1.29 is 19.1 Å². The molecule has 8 nitrogen and oxygen atoms in total. The molecule has 40 heavy (non-hydrogen) atoms. The summed E-state index contributed by atoms with van der Waals surface area (Å²) < 4.78 is 11.8. The second kappa shape index (κ2) is 11.5. The first-order valence-corrected chi connectivity index (χ1v) is 13.7. The van der Waals surface area contributed by atoms with Gasteiger partial charge in [-0.2, -0.15) is 0 Å². The minimum atomic E-state index is -0.201. The molecule has 3 heterocycles. The molecule has 0 spiro atoms. The van der Waals surface area contributed by atoms with Crippen LogP contribution in [0.3, 0.4) is 0 Å². The van der Waals surface area contributed by atoms with Gasteiger partial charge in [0.05, 0.1) is 19.8 Å². The molecule has 1 fully saturated rings. The number of ether oxygens (including phenoxy) is 2. The zero-order chi connectivity index (χ0) is 28.3. The molecule has 2 amide bonds. The Labute approximate surface area is 235 Å². The standard InChI is InChI=1S/C32H36N4O4/c1-32(2,3)27-11-10-25(22-6-8-23(9-7-22)31(38)36-14-16-39-17-15-36)26-18-24(40-30(26)27)20-35-29(37)13-5-21-4-12-28(33)34-19-21/h4-13,19,24H,14-18,20H2,1-3H3,(H2,33,34)(H,35,37). The van der Waals surface area contributed by atoms with Crippen molar-refractivity contribution in [1.29, 1.82) is 0 Å². The third kappa shape index (κ3) is 6.18. The van der Waals surface area contributed by atoms with Crippen LogP contribution in [0.25, 0.3) is 17.2 Å². The van der Waals surface area contributed by atoms with E-state index in [2.05, 4.69) is 43.2 Å². The molecule has 2 aliphatic heterocycles. The van der Waals surface area contributed by atoms with E-state index in [0.717, 1.165) is 33.6 Å². The van der Waals surface area contributed by atoms with Crippen molar-refractivity contribution in [1.82, 2.24) is 15.2 Å². The summed E-state index contributed by atoms with van der Waals surface area (Å²) in [5, 5.41) is 2.96. The number of anilines is 1. The quantitative estimate of drug-likeness (QED) is 0.453. The molecule has 2 aromatic carbocycles. The highest BCUT2D eigenvalue weighted by molar-refractivity contribution is 5.95. The number of pyridine rings is 1. The summed E-state index contributed by atoms with van der Waals surface area (Å²) in [5.74, 6) is 1.16. The summed E-state index contributed by atoms with van der Waals surface area (Å²) in [6, 6.07) is 15.6. The highest BCUT2D eigenvalue weighted by Gasteiger charge is 2.32. The first-order valence-electron chi connectivity index (χ1n) is 13.7. The molecule has 1 atom stereocenters. The van der Waals surface area contributed by atoms with E-state index in [1.807, 2.05) is 35.2 Å². The minimum absolute atomic E-state index is 0.0315. The number of nitrogens with zero attached hydrogens (tertiary/aromatic N) is 2. The molecule has 1 aromatic heterocycles. The molecular weight excluding hydrogens is 504 g/mol. The second-order valence-electron chi connectivity index (χ2n) is 11.2. The molecule has 3 aromatic rings. The maximum atomic E-state index is 12.9. The van der Waals surface area contributed by atoms with E-state index in [9.17, 15) is 9.59 Å². The molecule has 0 bridgehead atoms. The van der Waals surface area contributed by atoms with Gasteiger partial charge >= 0.3 is 0 Å². The Morgan fingerprint density at radius 2 is 1.82 bits per heavy atom. The first kappa shape index (κ1) is 27.4. The monoisotopic (exact) mass is 540 g/mol. The van der Waals surface area contributed by atoms with Gasteiger partial charge in [-0.3, -0.25) is 9.59 Å². The summed E-state index contributed by atoms with van der Waals surface area (Å²) in [6.45, 7) is 9.28. The molecule has 3 N–H and O–H groups in total. The Kier molecular flexibility index (Phi) is 7.89. The number of amides is 2. The number of hydrogen-bond donors (Lipinski definition) is 2. The van der Waals surface area contributed by atoms with E-state index in [0.29, 0.717) is 50.7 Å². The van der Waals surface area contributed by atoms with E-state index in [4.69, 9.17) is 15.2 Å². The van der Waals surface area contributed by atoms with Crippen molar-refractivity contribution in [3.8, 4) is 16.9 Å². The van der Waals surface area contributed by atoms with Gasteiger partial charge in [0, 0.05) is 42.9 Å². The van der Waals surface area contributed by atoms with Crippen molar-refractivity contribution in [3.63, 3.8) is 0 Å². The number of fused-ring (bicyclic) bond motifs is 1. The van der Waals surface area contributed by atoms with E-state index < -0.39 is 0 Å². The molecule has 208 valence electrons. The Hall–Kier alpha value is -4.17. The van der Waals surface area contributed by atoms with Crippen LogP contribution < -0.4 is 15.8 Å². The SMILES string of the molecule is CC(C)(C)c1ccc(-c2ccc(C(=O)N3CCOCC3)cc2)c2c1OC(CNC(=O)C=Cc1ccc(N)nc1)C2. The Morgan fingerprint density at radius 1 is 1.07 bits per heavy atom. The Bertz CT molecular complexity index is 1400. The summed E-state index contributed by atoms with van der Waals surface area (Å²) in [6.07, 6.45) is 5.30. The van der Waals surface area contributed by atoms with Crippen LogP contribution in [-0.2, 0) is 21.4 Å². The van der Waals surface area contributed by atoms with Gasteiger partial charge in [0.25, 0.3) is 5.91 Å². The number of morpholine rings is 1. The van der Waals surface area contributed by atoms with Crippen LogP contribution in [0.4, 0.5) is 5.82 Å². The highest BCUT2D eigenvalue weighted by Crippen LogP contribution is 2.44. The smallest absolute Gasteiger partial charge is 0.254 e. The predicted octanol–water partition coefficient (Wildman–Crippen LogP) is 4.23. The van der Waals surface area contributed by atoms with E-state index in [1.165, 1.54) is 6.08 Å². The van der Waals surface area contributed by atoms with Crippen LogP contribution in [0, 0.1) is 0 Å². The van der Waals surface area contributed by atoms with Gasteiger partial charge in [0.15, 0.2) is 0 Å².